The third kappa shape index (κ3) is 2.83. The molecule has 0 fully saturated rings. The van der Waals surface area contributed by atoms with Crippen LogP contribution in [-0.2, 0) is 6.42 Å². The Morgan fingerprint density at radius 1 is 1.75 bits per heavy atom. The quantitative estimate of drug-likeness (QED) is 0.634. The van der Waals surface area contributed by atoms with E-state index >= 15 is 0 Å². The van der Waals surface area contributed by atoms with Crippen molar-refractivity contribution in [3.8, 4) is 0 Å². The van der Waals surface area contributed by atoms with Gasteiger partial charge >= 0.3 is 0 Å². The highest BCUT2D eigenvalue weighted by Gasteiger charge is 2.00. The van der Waals surface area contributed by atoms with Crippen LogP contribution in [0.15, 0.2) is 4.52 Å². The number of nitrogens with zero attached hydrogens (tertiary/aromatic N) is 2. The van der Waals surface area contributed by atoms with E-state index in [2.05, 4.69) is 27.7 Å². The molecule has 0 spiro atoms. The molecule has 1 heterocycles. The molecule has 1 aromatic rings. The van der Waals surface area contributed by atoms with Crippen molar-refractivity contribution >= 4 is 17.3 Å². The monoisotopic (exact) mass is 186 g/mol. The highest BCUT2D eigenvalue weighted by molar-refractivity contribution is 7.80. The minimum absolute atomic E-state index is 0.287. The zero-order chi connectivity index (χ0) is 8.97. The van der Waals surface area contributed by atoms with Crippen LogP contribution in [0, 0.1) is 6.92 Å². The maximum Gasteiger partial charge on any atom is 0.223 e. The predicted octanol–water partition coefficient (Wildman–Crippen LogP) is -0.246. The zero-order valence-electron chi connectivity index (χ0n) is 6.70. The van der Waals surface area contributed by atoms with Crippen LogP contribution >= 0.6 is 12.2 Å². The van der Waals surface area contributed by atoms with Gasteiger partial charge in [-0.15, -0.1) is 0 Å². The van der Waals surface area contributed by atoms with Crippen LogP contribution in [0.1, 0.15) is 11.7 Å². The molecule has 0 bridgehead atoms. The second-order valence-corrected chi connectivity index (χ2v) is 2.71. The average Bonchev–Trinajstić information content (AvgIpc) is 2.35. The van der Waals surface area contributed by atoms with E-state index in [1.54, 1.807) is 6.92 Å². The van der Waals surface area contributed by atoms with Crippen LogP contribution in [0.4, 0.5) is 0 Å². The van der Waals surface area contributed by atoms with Crippen molar-refractivity contribution in [2.75, 3.05) is 6.54 Å². The van der Waals surface area contributed by atoms with Gasteiger partial charge in [0.1, 0.15) is 0 Å². The van der Waals surface area contributed by atoms with Crippen LogP contribution in [0.2, 0.25) is 0 Å². The smallest absolute Gasteiger partial charge is 0.223 e. The molecule has 0 aliphatic rings. The molecule has 0 aliphatic heterocycles. The lowest BCUT2D eigenvalue weighted by Crippen LogP contribution is -2.30. The Hall–Kier alpha value is -1.17. The van der Waals surface area contributed by atoms with E-state index in [9.17, 15) is 0 Å². The van der Waals surface area contributed by atoms with Crippen molar-refractivity contribution in [1.29, 1.82) is 0 Å². The Morgan fingerprint density at radius 3 is 3.00 bits per heavy atom. The van der Waals surface area contributed by atoms with Crippen molar-refractivity contribution in [2.45, 2.75) is 13.3 Å². The molecule has 0 amide bonds. The number of thiocarbonyl (C=S) groups is 1. The van der Waals surface area contributed by atoms with Crippen LogP contribution in [0.5, 0.6) is 0 Å². The third-order valence-corrected chi connectivity index (χ3v) is 1.36. The van der Waals surface area contributed by atoms with Crippen LogP contribution < -0.4 is 11.1 Å². The van der Waals surface area contributed by atoms with E-state index in [0.29, 0.717) is 24.7 Å². The molecule has 0 unspecified atom stereocenters. The lowest BCUT2D eigenvalue weighted by Gasteiger charge is -1.98. The van der Waals surface area contributed by atoms with E-state index in [4.69, 9.17) is 10.3 Å². The van der Waals surface area contributed by atoms with Gasteiger partial charge in [0.2, 0.25) is 5.89 Å². The molecule has 1 rings (SSSR count). The molecule has 0 aliphatic carbocycles. The maximum atomic E-state index is 5.22. The molecule has 66 valence electrons. The van der Waals surface area contributed by atoms with Crippen LogP contribution in [-0.4, -0.2) is 21.8 Å². The first-order valence-electron chi connectivity index (χ1n) is 3.51. The number of nitrogens with one attached hydrogen (secondary N) is 1. The molecule has 0 atom stereocenters. The lowest BCUT2D eigenvalue weighted by atomic mass is 10.4. The highest BCUT2D eigenvalue weighted by Crippen LogP contribution is 1.94. The summed E-state index contributed by atoms with van der Waals surface area (Å²) in [4.78, 5) is 4.01. The first-order valence-corrected chi connectivity index (χ1v) is 3.92. The minimum Gasteiger partial charge on any atom is -0.376 e. The van der Waals surface area contributed by atoms with Crippen molar-refractivity contribution in [1.82, 2.24) is 15.5 Å². The van der Waals surface area contributed by atoms with Gasteiger partial charge in [0.05, 0.1) is 0 Å². The standard InChI is InChI=1S/C6H10N4OS/c1-4-9-5(10-11-4)2-3-8-6(7)12/h2-3H2,1H3,(H3,7,8,12). The number of hydrogen-bond acceptors (Lipinski definition) is 4. The van der Waals surface area contributed by atoms with E-state index in [-0.39, 0.29) is 5.11 Å². The highest BCUT2D eigenvalue weighted by atomic mass is 32.1. The fraction of sp³-hybridized carbons (Fsp3) is 0.500. The number of rotatable bonds is 3. The van der Waals surface area contributed by atoms with E-state index in [1.165, 1.54) is 0 Å². The first-order chi connectivity index (χ1) is 5.68. The van der Waals surface area contributed by atoms with Crippen molar-refractivity contribution in [3.63, 3.8) is 0 Å². The van der Waals surface area contributed by atoms with Gasteiger partial charge in [0.15, 0.2) is 10.9 Å². The van der Waals surface area contributed by atoms with Gasteiger partial charge < -0.3 is 15.6 Å². The molecule has 0 saturated carbocycles. The molecule has 3 N–H and O–H groups in total. The van der Waals surface area contributed by atoms with E-state index in [0.717, 1.165) is 0 Å². The molecule has 5 nitrogen and oxygen atoms in total. The van der Waals surface area contributed by atoms with Crippen molar-refractivity contribution in [3.05, 3.63) is 11.7 Å². The normalized spacial score (nSPS) is 9.75. The fourth-order valence-corrected chi connectivity index (χ4v) is 0.842. The Labute approximate surface area is 75.3 Å². The van der Waals surface area contributed by atoms with Gasteiger partial charge in [-0.1, -0.05) is 5.16 Å². The van der Waals surface area contributed by atoms with Crippen LogP contribution in [0.25, 0.3) is 0 Å². The summed E-state index contributed by atoms with van der Waals surface area (Å²) in [5, 5.41) is 6.78. The summed E-state index contributed by atoms with van der Waals surface area (Å²) in [6, 6.07) is 0. The van der Waals surface area contributed by atoms with Crippen LogP contribution in [0.3, 0.4) is 0 Å². The lowest BCUT2D eigenvalue weighted by molar-refractivity contribution is 0.387. The summed E-state index contributed by atoms with van der Waals surface area (Å²) in [7, 11) is 0. The maximum absolute atomic E-state index is 5.22. The first kappa shape index (κ1) is 8.92. The zero-order valence-corrected chi connectivity index (χ0v) is 7.52. The van der Waals surface area contributed by atoms with E-state index < -0.39 is 0 Å². The molecule has 0 aromatic carbocycles. The summed E-state index contributed by atoms with van der Waals surface area (Å²) < 4.78 is 4.77. The number of hydrogen-bond donors (Lipinski definition) is 2. The average molecular weight is 186 g/mol. The summed E-state index contributed by atoms with van der Waals surface area (Å²) in [5.41, 5.74) is 5.22. The molecule has 0 radical (unpaired) electrons. The van der Waals surface area contributed by atoms with Crippen molar-refractivity contribution in [2.24, 2.45) is 5.73 Å². The summed E-state index contributed by atoms with van der Waals surface area (Å²) in [6.45, 7) is 2.38. The van der Waals surface area contributed by atoms with Gasteiger partial charge in [-0.3, -0.25) is 0 Å². The SMILES string of the molecule is Cc1nc(CCNC(N)=S)no1. The fourth-order valence-electron chi connectivity index (χ4n) is 0.740. The van der Waals surface area contributed by atoms with Gasteiger partial charge in [-0.2, -0.15) is 4.98 Å². The summed E-state index contributed by atoms with van der Waals surface area (Å²) in [5.74, 6) is 1.23. The predicted molar refractivity (Wildman–Crippen MR) is 47.5 cm³/mol. The molecular weight excluding hydrogens is 176 g/mol. The molecule has 12 heavy (non-hydrogen) atoms. The second-order valence-electron chi connectivity index (χ2n) is 2.27. The molecule has 1 aromatic heterocycles. The third-order valence-electron chi connectivity index (χ3n) is 1.22. The number of aryl methyl sites for hydroxylation is 1. The Balaban J connectivity index is 2.29. The second kappa shape index (κ2) is 4.01. The number of aromatic nitrogens is 2. The Kier molecular flexibility index (Phi) is 2.98. The van der Waals surface area contributed by atoms with Gasteiger partial charge in [0.25, 0.3) is 0 Å². The molecule has 0 saturated heterocycles. The van der Waals surface area contributed by atoms with Gasteiger partial charge in [-0.25, -0.2) is 0 Å². The van der Waals surface area contributed by atoms with Crippen molar-refractivity contribution < 1.29 is 4.52 Å². The van der Waals surface area contributed by atoms with E-state index in [1.807, 2.05) is 0 Å². The largest absolute Gasteiger partial charge is 0.376 e. The van der Waals surface area contributed by atoms with Gasteiger partial charge in [0, 0.05) is 19.9 Å². The summed E-state index contributed by atoms with van der Waals surface area (Å²) >= 11 is 4.62. The van der Waals surface area contributed by atoms with Gasteiger partial charge in [-0.05, 0) is 12.2 Å². The topological polar surface area (TPSA) is 77.0 Å². The summed E-state index contributed by atoms with van der Waals surface area (Å²) in [6.07, 6.45) is 0.661. The Morgan fingerprint density at radius 2 is 2.50 bits per heavy atom. The molecule has 6 heteroatoms. The minimum atomic E-state index is 0.287. The Bertz CT molecular complexity index is 272. The number of nitrogens with two attached hydrogens (primary N) is 1. The molecular formula is C6H10N4OS.